The zero-order valence-corrected chi connectivity index (χ0v) is 19.7. The number of aromatic nitrogens is 2. The lowest BCUT2D eigenvalue weighted by atomic mass is 10.0. The summed E-state index contributed by atoms with van der Waals surface area (Å²) in [7, 11) is 0. The van der Waals surface area contributed by atoms with E-state index in [9.17, 15) is 40.5 Å². The van der Waals surface area contributed by atoms with E-state index in [1.165, 1.54) is 33.4 Å². The molecule has 0 unspecified atom stereocenters. The number of nitro benzene ring substituents is 4. The maximum atomic E-state index is 11.6. The van der Waals surface area contributed by atoms with Crippen molar-refractivity contribution in [3.63, 3.8) is 0 Å². The van der Waals surface area contributed by atoms with E-state index < -0.39 is 36.8 Å². The first kappa shape index (κ1) is 25.4. The number of nitro groups is 4. The minimum atomic E-state index is -0.705. The Labute approximate surface area is 213 Å². The first-order valence-electron chi connectivity index (χ1n) is 11.0. The molecule has 0 aliphatic rings. The molecule has 0 bridgehead atoms. The van der Waals surface area contributed by atoms with E-state index in [0.29, 0.717) is 6.42 Å². The molecule has 2 heterocycles. The van der Waals surface area contributed by atoms with Crippen LogP contribution in [0.1, 0.15) is 12.5 Å². The third kappa shape index (κ3) is 4.86. The highest BCUT2D eigenvalue weighted by molar-refractivity contribution is 5.66. The van der Waals surface area contributed by atoms with E-state index in [4.69, 9.17) is 0 Å². The van der Waals surface area contributed by atoms with Crippen LogP contribution in [0.2, 0.25) is 0 Å². The SMILES string of the molecule is CCc1c[n+](-c2ccc([N+](=O)[O-])cc2[N+](=O)[O-])ccc1-c1cc[n+](-c2ccc([N+](=O)[O-])cc2[N+](=O)[O-])cc1. The molecule has 4 rings (SSSR count). The maximum absolute atomic E-state index is 11.6. The summed E-state index contributed by atoms with van der Waals surface area (Å²) in [6.07, 6.45) is 7.03. The Morgan fingerprint density at radius 3 is 1.55 bits per heavy atom. The average molecular weight is 518 g/mol. The molecule has 0 saturated carbocycles. The lowest BCUT2D eigenvalue weighted by Crippen LogP contribution is -2.32. The van der Waals surface area contributed by atoms with Gasteiger partial charge in [-0.2, -0.15) is 9.13 Å². The van der Waals surface area contributed by atoms with Crippen LogP contribution in [-0.2, 0) is 6.42 Å². The fraction of sp³-hybridized carbons (Fsp3) is 0.0833. The van der Waals surface area contributed by atoms with Crippen molar-refractivity contribution in [2.45, 2.75) is 13.3 Å². The molecule has 2 aromatic carbocycles. The number of pyridine rings is 2. The van der Waals surface area contributed by atoms with Gasteiger partial charge in [0.25, 0.3) is 22.7 Å². The number of rotatable bonds is 8. The van der Waals surface area contributed by atoms with Crippen molar-refractivity contribution >= 4 is 22.7 Å². The first-order chi connectivity index (χ1) is 18.1. The van der Waals surface area contributed by atoms with Gasteiger partial charge in [0.05, 0.1) is 19.7 Å². The largest absolute Gasteiger partial charge is 0.347 e. The number of nitrogens with zero attached hydrogens (tertiary/aromatic N) is 6. The molecule has 0 saturated heterocycles. The zero-order chi connectivity index (χ0) is 27.6. The Morgan fingerprint density at radius 1 is 0.632 bits per heavy atom. The number of non-ortho nitro benzene ring substituents is 2. The molecular formula is C24H18N6O8+2. The minimum absolute atomic E-state index is 0.152. The van der Waals surface area contributed by atoms with E-state index in [0.717, 1.165) is 28.8 Å². The summed E-state index contributed by atoms with van der Waals surface area (Å²) in [4.78, 5) is 42.4. The Morgan fingerprint density at radius 2 is 1.11 bits per heavy atom. The fourth-order valence-corrected chi connectivity index (χ4v) is 4.00. The van der Waals surface area contributed by atoms with Crippen molar-refractivity contribution in [3.8, 4) is 22.5 Å². The molecule has 0 spiro atoms. The zero-order valence-electron chi connectivity index (χ0n) is 19.7. The number of aryl methyl sites for hydroxylation is 1. The van der Waals surface area contributed by atoms with E-state index in [1.807, 2.05) is 6.92 Å². The monoisotopic (exact) mass is 518 g/mol. The summed E-state index contributed by atoms with van der Waals surface area (Å²) in [5, 5.41) is 45.1. The van der Waals surface area contributed by atoms with Crippen LogP contribution >= 0.6 is 0 Å². The number of hydrogen-bond acceptors (Lipinski definition) is 8. The highest BCUT2D eigenvalue weighted by Gasteiger charge is 2.28. The van der Waals surface area contributed by atoms with Gasteiger partial charge in [0.15, 0.2) is 24.8 Å². The fourth-order valence-electron chi connectivity index (χ4n) is 4.00. The highest BCUT2D eigenvalue weighted by Crippen LogP contribution is 2.28. The van der Waals surface area contributed by atoms with Crippen molar-refractivity contribution in [2.24, 2.45) is 0 Å². The predicted molar refractivity (Wildman–Crippen MR) is 131 cm³/mol. The molecule has 14 nitrogen and oxygen atoms in total. The van der Waals surface area contributed by atoms with Crippen LogP contribution in [0.15, 0.2) is 79.4 Å². The molecule has 0 radical (unpaired) electrons. The van der Waals surface area contributed by atoms with Crippen LogP contribution in [0.5, 0.6) is 0 Å². The Kier molecular flexibility index (Phi) is 6.79. The third-order valence-corrected chi connectivity index (χ3v) is 5.85. The van der Waals surface area contributed by atoms with Crippen molar-refractivity contribution < 1.29 is 28.8 Å². The molecule has 190 valence electrons. The summed E-state index contributed by atoms with van der Waals surface area (Å²) < 4.78 is 2.99. The van der Waals surface area contributed by atoms with Gasteiger partial charge in [-0.1, -0.05) is 6.92 Å². The van der Waals surface area contributed by atoms with Gasteiger partial charge in [-0.3, -0.25) is 40.5 Å². The van der Waals surface area contributed by atoms with E-state index in [1.54, 1.807) is 43.0 Å². The van der Waals surface area contributed by atoms with Crippen molar-refractivity contribution in [1.82, 2.24) is 0 Å². The van der Waals surface area contributed by atoms with Crippen LogP contribution < -0.4 is 9.13 Å². The van der Waals surface area contributed by atoms with Gasteiger partial charge < -0.3 is 0 Å². The second-order valence-electron chi connectivity index (χ2n) is 8.01. The molecule has 0 atom stereocenters. The summed E-state index contributed by atoms with van der Waals surface area (Å²) in [6, 6.07) is 12.0. The standard InChI is InChI=1S/C24H18N6O8/c1-2-16-15-26(22-6-4-19(28(33)34)14-24(22)30(37)38)12-9-20(16)17-7-10-25(11-8-17)21-5-3-18(27(31)32)13-23(21)29(35)36/h3-15H,2H2,1H3/q+2. The molecule has 2 aromatic heterocycles. The molecule has 0 fully saturated rings. The number of benzene rings is 2. The van der Waals surface area contributed by atoms with Crippen molar-refractivity contribution in [1.29, 1.82) is 0 Å². The molecule has 0 aliphatic heterocycles. The van der Waals surface area contributed by atoms with Crippen LogP contribution in [-0.4, -0.2) is 19.7 Å². The van der Waals surface area contributed by atoms with Gasteiger partial charge in [0.2, 0.25) is 0 Å². The molecular weight excluding hydrogens is 500 g/mol. The van der Waals surface area contributed by atoms with E-state index in [-0.39, 0.29) is 17.1 Å². The summed E-state index contributed by atoms with van der Waals surface area (Å²) in [5.74, 6) is 0. The molecule has 0 amide bonds. The topological polar surface area (TPSA) is 180 Å². The van der Waals surface area contributed by atoms with Crippen LogP contribution in [0, 0.1) is 40.5 Å². The second-order valence-corrected chi connectivity index (χ2v) is 8.01. The molecule has 0 aliphatic carbocycles. The highest BCUT2D eigenvalue weighted by atomic mass is 16.6. The van der Waals surface area contributed by atoms with Crippen molar-refractivity contribution in [2.75, 3.05) is 0 Å². The summed E-state index contributed by atoms with van der Waals surface area (Å²) >= 11 is 0. The average Bonchev–Trinajstić information content (AvgIpc) is 2.92. The van der Waals surface area contributed by atoms with Crippen LogP contribution in [0.25, 0.3) is 22.5 Å². The normalized spacial score (nSPS) is 10.7. The minimum Gasteiger partial charge on any atom is -0.258 e. The van der Waals surface area contributed by atoms with Crippen LogP contribution in [0.3, 0.4) is 0 Å². The van der Waals surface area contributed by atoms with Gasteiger partial charge in [0, 0.05) is 48.0 Å². The van der Waals surface area contributed by atoms with Gasteiger partial charge in [-0.15, -0.1) is 0 Å². The van der Waals surface area contributed by atoms with E-state index in [2.05, 4.69) is 0 Å². The molecule has 0 N–H and O–H groups in total. The lowest BCUT2D eigenvalue weighted by molar-refractivity contribution is -0.601. The smallest absolute Gasteiger partial charge is 0.258 e. The lowest BCUT2D eigenvalue weighted by Gasteiger charge is -2.07. The second kappa shape index (κ2) is 10.1. The molecule has 4 aromatic rings. The van der Waals surface area contributed by atoms with Crippen molar-refractivity contribution in [3.05, 3.63) is 125 Å². The molecule has 38 heavy (non-hydrogen) atoms. The Bertz CT molecular complexity index is 1620. The van der Waals surface area contributed by atoms with Gasteiger partial charge in [-0.05, 0) is 17.5 Å². The molecule has 14 heteroatoms. The van der Waals surface area contributed by atoms with Gasteiger partial charge in [0.1, 0.15) is 12.1 Å². The third-order valence-electron chi connectivity index (χ3n) is 5.85. The van der Waals surface area contributed by atoms with Gasteiger partial charge >= 0.3 is 11.4 Å². The Balaban J connectivity index is 1.73. The predicted octanol–water partition coefficient (Wildman–Crippen LogP) is 4.10. The Hall–Kier alpha value is -5.66. The number of hydrogen-bond donors (Lipinski definition) is 0. The maximum Gasteiger partial charge on any atom is 0.347 e. The van der Waals surface area contributed by atoms with Crippen LogP contribution in [0.4, 0.5) is 22.7 Å². The van der Waals surface area contributed by atoms with E-state index >= 15 is 0 Å². The summed E-state index contributed by atoms with van der Waals surface area (Å²) in [5.41, 5.74) is 1.08. The van der Waals surface area contributed by atoms with Gasteiger partial charge in [-0.25, -0.2) is 0 Å². The quantitative estimate of drug-likeness (QED) is 0.190. The summed E-state index contributed by atoms with van der Waals surface area (Å²) in [6.45, 7) is 1.90. The first-order valence-corrected chi connectivity index (χ1v) is 11.0.